The van der Waals surface area contributed by atoms with E-state index in [1.54, 1.807) is 0 Å². The summed E-state index contributed by atoms with van der Waals surface area (Å²) in [5.41, 5.74) is 0. The number of fused-ring (bicyclic) bond motifs is 2. The Morgan fingerprint density at radius 2 is 2.24 bits per heavy atom. The molecule has 2 aliphatic rings. The molecular weight excluding hydrogens is 214 g/mol. The summed E-state index contributed by atoms with van der Waals surface area (Å²) in [7, 11) is 0. The lowest BCUT2D eigenvalue weighted by molar-refractivity contribution is -0.143. The normalized spacial score (nSPS) is 30.8. The van der Waals surface area contributed by atoms with Crippen LogP contribution >= 0.6 is 0 Å². The molecule has 2 bridgehead atoms. The fraction of sp³-hybridized carbons (Fsp3) is 0.929. The van der Waals surface area contributed by atoms with E-state index in [4.69, 9.17) is 4.74 Å². The van der Waals surface area contributed by atoms with Crippen LogP contribution in [0.25, 0.3) is 0 Å². The molecule has 98 valence electrons. The molecule has 2 aliphatic carbocycles. The highest BCUT2D eigenvalue weighted by Gasteiger charge is 2.38. The van der Waals surface area contributed by atoms with Crippen LogP contribution in [0.1, 0.15) is 45.4 Å². The first kappa shape index (κ1) is 12.9. The van der Waals surface area contributed by atoms with Gasteiger partial charge in [-0.25, -0.2) is 0 Å². The maximum Gasteiger partial charge on any atom is 0.305 e. The smallest absolute Gasteiger partial charge is 0.305 e. The van der Waals surface area contributed by atoms with E-state index in [2.05, 4.69) is 5.32 Å². The third kappa shape index (κ3) is 3.70. The van der Waals surface area contributed by atoms with E-state index < -0.39 is 0 Å². The van der Waals surface area contributed by atoms with Gasteiger partial charge in [0.15, 0.2) is 0 Å². The molecule has 17 heavy (non-hydrogen) atoms. The van der Waals surface area contributed by atoms with Crippen molar-refractivity contribution < 1.29 is 9.53 Å². The zero-order valence-electron chi connectivity index (χ0n) is 10.9. The third-order valence-electron chi connectivity index (χ3n) is 4.33. The molecule has 2 saturated carbocycles. The van der Waals surface area contributed by atoms with Gasteiger partial charge < -0.3 is 10.1 Å². The molecule has 0 aromatic carbocycles. The Morgan fingerprint density at radius 1 is 1.35 bits per heavy atom. The number of ether oxygens (including phenoxy) is 1. The number of hydrogen-bond acceptors (Lipinski definition) is 3. The topological polar surface area (TPSA) is 38.3 Å². The predicted octanol–water partition coefficient (Wildman–Crippen LogP) is 2.36. The molecule has 0 radical (unpaired) electrons. The Morgan fingerprint density at radius 3 is 2.88 bits per heavy atom. The average Bonchev–Trinajstić information content (AvgIpc) is 2.91. The number of carbonyl (C=O) groups is 1. The van der Waals surface area contributed by atoms with Crippen molar-refractivity contribution in [3.8, 4) is 0 Å². The van der Waals surface area contributed by atoms with Gasteiger partial charge in [-0.15, -0.1) is 0 Å². The van der Waals surface area contributed by atoms with Gasteiger partial charge in [0.2, 0.25) is 0 Å². The van der Waals surface area contributed by atoms with Crippen molar-refractivity contribution in [2.45, 2.75) is 45.4 Å². The van der Waals surface area contributed by atoms with Crippen LogP contribution in [0.2, 0.25) is 0 Å². The van der Waals surface area contributed by atoms with E-state index in [0.29, 0.717) is 13.0 Å². The van der Waals surface area contributed by atoms with Crippen molar-refractivity contribution in [3.05, 3.63) is 0 Å². The van der Waals surface area contributed by atoms with Crippen molar-refractivity contribution in [3.63, 3.8) is 0 Å². The molecular formula is C14H25NO2. The molecule has 3 heteroatoms. The van der Waals surface area contributed by atoms with Gasteiger partial charge in [0.05, 0.1) is 6.61 Å². The second-order valence-electron chi connectivity index (χ2n) is 5.55. The summed E-state index contributed by atoms with van der Waals surface area (Å²) in [6.07, 6.45) is 7.31. The second kappa shape index (κ2) is 6.39. The number of nitrogens with one attached hydrogen (secondary N) is 1. The molecule has 0 heterocycles. The van der Waals surface area contributed by atoms with Crippen LogP contribution in [0.3, 0.4) is 0 Å². The van der Waals surface area contributed by atoms with Crippen molar-refractivity contribution >= 4 is 5.97 Å². The zero-order chi connectivity index (χ0) is 12.1. The van der Waals surface area contributed by atoms with Crippen molar-refractivity contribution in [1.82, 2.24) is 5.32 Å². The Hall–Kier alpha value is -0.570. The lowest BCUT2D eigenvalue weighted by Gasteiger charge is -2.21. The van der Waals surface area contributed by atoms with Crippen LogP contribution < -0.4 is 5.32 Å². The molecule has 0 saturated heterocycles. The summed E-state index contributed by atoms with van der Waals surface area (Å²) in [5, 5.41) is 3.50. The molecule has 0 amide bonds. The van der Waals surface area contributed by atoms with E-state index in [9.17, 15) is 4.79 Å². The maximum atomic E-state index is 11.1. The summed E-state index contributed by atoms with van der Waals surface area (Å²) in [6.45, 7) is 4.46. The van der Waals surface area contributed by atoms with E-state index in [0.717, 1.165) is 37.3 Å². The minimum absolute atomic E-state index is 0.0609. The quantitative estimate of drug-likeness (QED) is 0.547. The van der Waals surface area contributed by atoms with Gasteiger partial charge in [-0.1, -0.05) is 6.42 Å². The highest BCUT2D eigenvalue weighted by atomic mass is 16.5. The van der Waals surface area contributed by atoms with Crippen molar-refractivity contribution in [1.29, 1.82) is 0 Å². The SMILES string of the molecule is CCOC(=O)CCCNCC1CC2CCC1C2. The largest absolute Gasteiger partial charge is 0.466 e. The summed E-state index contributed by atoms with van der Waals surface area (Å²) >= 11 is 0. The van der Waals surface area contributed by atoms with Gasteiger partial charge in [0.25, 0.3) is 0 Å². The number of esters is 1. The summed E-state index contributed by atoms with van der Waals surface area (Å²) in [5.74, 6) is 2.88. The van der Waals surface area contributed by atoms with Crippen LogP contribution in [-0.2, 0) is 9.53 Å². The number of carbonyl (C=O) groups excluding carboxylic acids is 1. The standard InChI is InChI=1S/C14H25NO2/c1-2-17-14(16)4-3-7-15-10-13-9-11-5-6-12(13)8-11/h11-13,15H,2-10H2,1H3. The maximum absolute atomic E-state index is 11.1. The van der Waals surface area contributed by atoms with Gasteiger partial charge >= 0.3 is 5.97 Å². The highest BCUT2D eigenvalue weighted by molar-refractivity contribution is 5.69. The minimum Gasteiger partial charge on any atom is -0.466 e. The van der Waals surface area contributed by atoms with Crippen LogP contribution in [0.15, 0.2) is 0 Å². The Labute approximate surface area is 104 Å². The molecule has 2 rings (SSSR count). The van der Waals surface area contributed by atoms with Crippen LogP contribution in [-0.4, -0.2) is 25.7 Å². The van der Waals surface area contributed by atoms with E-state index in [1.807, 2.05) is 6.92 Å². The van der Waals surface area contributed by atoms with Crippen molar-refractivity contribution in [2.75, 3.05) is 19.7 Å². The lowest BCUT2D eigenvalue weighted by Crippen LogP contribution is -2.27. The Balaban J connectivity index is 1.48. The molecule has 2 fully saturated rings. The number of hydrogen-bond donors (Lipinski definition) is 1. The number of rotatable bonds is 7. The van der Waals surface area contributed by atoms with E-state index >= 15 is 0 Å². The third-order valence-corrected chi connectivity index (χ3v) is 4.33. The average molecular weight is 239 g/mol. The summed E-state index contributed by atoms with van der Waals surface area (Å²) in [6, 6.07) is 0. The second-order valence-corrected chi connectivity index (χ2v) is 5.55. The lowest BCUT2D eigenvalue weighted by atomic mass is 9.89. The van der Waals surface area contributed by atoms with E-state index in [1.165, 1.54) is 25.7 Å². The highest BCUT2D eigenvalue weighted by Crippen LogP contribution is 2.47. The Kier molecular flexibility index (Phi) is 4.84. The van der Waals surface area contributed by atoms with E-state index in [-0.39, 0.29) is 5.97 Å². The van der Waals surface area contributed by atoms with Gasteiger partial charge in [0, 0.05) is 6.42 Å². The van der Waals surface area contributed by atoms with Crippen molar-refractivity contribution in [2.24, 2.45) is 17.8 Å². The molecule has 0 aliphatic heterocycles. The molecule has 3 atom stereocenters. The molecule has 3 unspecified atom stereocenters. The van der Waals surface area contributed by atoms with Gasteiger partial charge in [-0.3, -0.25) is 4.79 Å². The summed E-state index contributed by atoms with van der Waals surface area (Å²) in [4.78, 5) is 11.1. The van der Waals surface area contributed by atoms with Crippen LogP contribution in [0.5, 0.6) is 0 Å². The van der Waals surface area contributed by atoms with Crippen LogP contribution in [0, 0.1) is 17.8 Å². The molecule has 0 aromatic rings. The van der Waals surface area contributed by atoms with Gasteiger partial charge in [-0.05, 0) is 63.5 Å². The monoisotopic (exact) mass is 239 g/mol. The van der Waals surface area contributed by atoms with Crippen LogP contribution in [0.4, 0.5) is 0 Å². The predicted molar refractivity (Wildman–Crippen MR) is 67.7 cm³/mol. The fourth-order valence-electron chi connectivity index (χ4n) is 3.50. The molecule has 0 aromatic heterocycles. The van der Waals surface area contributed by atoms with Gasteiger partial charge in [0.1, 0.15) is 0 Å². The van der Waals surface area contributed by atoms with Gasteiger partial charge in [-0.2, -0.15) is 0 Å². The summed E-state index contributed by atoms with van der Waals surface area (Å²) < 4.78 is 4.90. The zero-order valence-corrected chi connectivity index (χ0v) is 10.9. The first-order valence-electron chi connectivity index (χ1n) is 7.16. The molecule has 3 nitrogen and oxygen atoms in total. The fourth-order valence-corrected chi connectivity index (χ4v) is 3.50. The first-order valence-corrected chi connectivity index (χ1v) is 7.16. The minimum atomic E-state index is -0.0609. The molecule has 0 spiro atoms. The first-order chi connectivity index (χ1) is 8.29. The molecule has 1 N–H and O–H groups in total. The Bertz CT molecular complexity index is 255.